The van der Waals surface area contributed by atoms with E-state index in [4.69, 9.17) is 32.5 Å². The highest BCUT2D eigenvalue weighted by Crippen LogP contribution is 2.47. The van der Waals surface area contributed by atoms with Crippen LogP contribution in [0, 0.1) is 5.92 Å². The van der Waals surface area contributed by atoms with Gasteiger partial charge in [0.1, 0.15) is 18.5 Å². The molecule has 298 valence electrons. The first kappa shape index (κ1) is 42.7. The summed E-state index contributed by atoms with van der Waals surface area (Å²) < 4.78 is 47.3. The highest BCUT2D eigenvalue weighted by molar-refractivity contribution is 6.99. The average Bonchev–Trinajstić information content (AvgIpc) is 3.26. The fraction of sp³-hybridized carbons (Fsp3) is 0.721. The van der Waals surface area contributed by atoms with E-state index >= 15 is 0 Å². The monoisotopic (exact) mass is 770 g/mol. The smallest absolute Gasteiger partial charge is 0.261 e. The summed E-state index contributed by atoms with van der Waals surface area (Å²) in [6.07, 6.45) is 2.61. The second-order valence-electron chi connectivity index (χ2n) is 17.5. The topological polar surface area (TPSA) is 84.8 Å². The normalized spacial score (nSPS) is 32.5. The molecule has 2 aromatic rings. The van der Waals surface area contributed by atoms with Gasteiger partial charge in [-0.1, -0.05) is 109 Å². The zero-order valence-corrected chi connectivity index (χ0v) is 36.4. The summed E-state index contributed by atoms with van der Waals surface area (Å²) in [7, 11) is -2.96. The van der Waals surface area contributed by atoms with Crippen LogP contribution in [0.4, 0.5) is 0 Å². The van der Waals surface area contributed by atoms with Crippen LogP contribution in [0.1, 0.15) is 94.4 Å². The summed E-state index contributed by atoms with van der Waals surface area (Å²) in [4.78, 5) is 0. The van der Waals surface area contributed by atoms with Crippen LogP contribution in [0.2, 0.25) is 23.2 Å². The lowest BCUT2D eigenvalue weighted by atomic mass is 9.79. The van der Waals surface area contributed by atoms with Crippen molar-refractivity contribution < 1.29 is 37.6 Å². The molecule has 5 rings (SSSR count). The van der Waals surface area contributed by atoms with Crippen molar-refractivity contribution in [1.29, 1.82) is 0 Å². The maximum Gasteiger partial charge on any atom is 0.261 e. The van der Waals surface area contributed by atoms with Crippen molar-refractivity contribution in [3.63, 3.8) is 0 Å². The number of hydrogen-bond donors (Lipinski definition) is 1. The summed E-state index contributed by atoms with van der Waals surface area (Å²) in [6.45, 7) is 20.9. The van der Waals surface area contributed by atoms with Crippen molar-refractivity contribution in [2.45, 2.75) is 165 Å². The predicted octanol–water partition coefficient (Wildman–Crippen LogP) is 7.60. The number of aliphatic hydroxyl groups is 1. The van der Waals surface area contributed by atoms with Gasteiger partial charge in [0, 0.05) is 26.6 Å². The van der Waals surface area contributed by atoms with Gasteiger partial charge in [0.2, 0.25) is 0 Å². The van der Waals surface area contributed by atoms with Crippen molar-refractivity contribution in [2.24, 2.45) is 5.92 Å². The molecule has 3 saturated heterocycles. The Balaban J connectivity index is 1.34. The van der Waals surface area contributed by atoms with Crippen molar-refractivity contribution >= 4 is 27.0 Å². The minimum Gasteiger partial charge on any atom is -0.411 e. The number of aliphatic hydroxyl groups excluding tert-OH is 1. The summed E-state index contributed by atoms with van der Waals surface area (Å²) >= 11 is 0. The Morgan fingerprint density at radius 2 is 1.49 bits per heavy atom. The Hall–Kier alpha value is -1.45. The standard InChI is InChI=1S/C43H70O8Si2/c1-11-52(12-2,13-3)51-39-28-36-40(50-43(39,9)30-44)37(46-31-45-10)29-42(8)38(48-36)27-32(4)35(49-42)25-20-26-47-53(41(5,6)7,33-21-16-14-17-22-33)34-23-18-15-19-24-34/h14-19,21-24,32,35-40,44H,11-13,20,25-31H2,1-10H3/t32-,35-,36+,37-,38-,39-,40+,42+,43+/m0/s1. The minimum absolute atomic E-state index is 0.0517. The van der Waals surface area contributed by atoms with Crippen LogP contribution < -0.4 is 10.4 Å². The average molecular weight is 771 g/mol. The summed E-state index contributed by atoms with van der Waals surface area (Å²) in [5.74, 6) is 0.301. The van der Waals surface area contributed by atoms with Crippen LogP contribution in [-0.2, 0) is 32.5 Å². The number of benzene rings is 2. The van der Waals surface area contributed by atoms with Crippen molar-refractivity contribution in [2.75, 3.05) is 27.1 Å². The van der Waals surface area contributed by atoms with Gasteiger partial charge in [-0.3, -0.25) is 0 Å². The van der Waals surface area contributed by atoms with Gasteiger partial charge in [-0.2, -0.15) is 0 Å². The quantitative estimate of drug-likeness (QED) is 0.106. The number of methoxy groups -OCH3 is 1. The van der Waals surface area contributed by atoms with Crippen LogP contribution in [0.25, 0.3) is 0 Å². The van der Waals surface area contributed by atoms with E-state index in [0.717, 1.165) is 37.4 Å². The first-order chi connectivity index (χ1) is 25.2. The number of hydrogen-bond acceptors (Lipinski definition) is 8. The van der Waals surface area contributed by atoms with E-state index in [1.807, 2.05) is 6.92 Å². The number of ether oxygens (including phenoxy) is 5. The highest BCUT2D eigenvalue weighted by atomic mass is 28.4. The highest BCUT2D eigenvalue weighted by Gasteiger charge is 2.58. The molecule has 2 aromatic carbocycles. The fourth-order valence-electron chi connectivity index (χ4n) is 9.43. The summed E-state index contributed by atoms with van der Waals surface area (Å²) in [6, 6.07) is 24.8. The largest absolute Gasteiger partial charge is 0.411 e. The third kappa shape index (κ3) is 8.93. The number of fused-ring (bicyclic) bond motifs is 2. The molecule has 3 heterocycles. The van der Waals surface area contributed by atoms with Crippen molar-refractivity contribution in [1.82, 2.24) is 0 Å². The molecule has 0 saturated carbocycles. The Labute approximate surface area is 322 Å². The van der Waals surface area contributed by atoms with E-state index in [2.05, 4.69) is 116 Å². The lowest BCUT2D eigenvalue weighted by molar-refractivity contribution is -0.271. The van der Waals surface area contributed by atoms with E-state index in [1.165, 1.54) is 10.4 Å². The molecule has 0 aromatic heterocycles. The molecule has 0 aliphatic carbocycles. The van der Waals surface area contributed by atoms with Gasteiger partial charge in [-0.25, -0.2) is 0 Å². The number of rotatable bonds is 16. The SMILES string of the molecule is CC[Si](CC)(CC)O[C@H]1C[C@H]2O[C@H]3C[C@H](C)[C@H](CCCO[Si](c4ccccc4)(c4ccccc4)C(C)(C)C)O[C@]3(C)C[C@H](OCOC)[C@@H]2O[C@]1(C)CO. The molecule has 0 amide bonds. The zero-order chi connectivity index (χ0) is 38.5. The van der Waals surface area contributed by atoms with Gasteiger partial charge in [-0.15, -0.1) is 0 Å². The van der Waals surface area contributed by atoms with Crippen LogP contribution in [-0.4, -0.2) is 96.7 Å². The lowest BCUT2D eigenvalue weighted by Gasteiger charge is -2.51. The van der Waals surface area contributed by atoms with Crippen LogP contribution in [0.5, 0.6) is 0 Å². The van der Waals surface area contributed by atoms with Gasteiger partial charge in [0.15, 0.2) is 8.32 Å². The third-order valence-electron chi connectivity index (χ3n) is 12.9. The molecule has 3 fully saturated rings. The van der Waals surface area contributed by atoms with Gasteiger partial charge in [0.25, 0.3) is 8.32 Å². The molecule has 0 radical (unpaired) electrons. The van der Waals surface area contributed by atoms with E-state index in [1.54, 1.807) is 7.11 Å². The molecular weight excluding hydrogens is 701 g/mol. The molecule has 3 aliphatic heterocycles. The lowest BCUT2D eigenvalue weighted by Crippen LogP contribution is -2.66. The van der Waals surface area contributed by atoms with E-state index in [9.17, 15) is 5.11 Å². The molecular formula is C43H70O8Si2. The van der Waals surface area contributed by atoms with Gasteiger partial charge in [-0.05, 0) is 72.6 Å². The molecule has 0 unspecified atom stereocenters. The maximum absolute atomic E-state index is 10.8. The van der Waals surface area contributed by atoms with Crippen molar-refractivity contribution in [3.05, 3.63) is 60.7 Å². The third-order valence-corrected chi connectivity index (χ3v) is 22.6. The Kier molecular flexibility index (Phi) is 14.3. The molecule has 53 heavy (non-hydrogen) atoms. The molecule has 3 aliphatic rings. The van der Waals surface area contributed by atoms with Gasteiger partial charge >= 0.3 is 0 Å². The Morgan fingerprint density at radius 3 is 2.02 bits per heavy atom. The summed E-state index contributed by atoms with van der Waals surface area (Å²) in [5, 5.41) is 13.3. The first-order valence-corrected chi connectivity index (χ1v) is 24.8. The fourth-order valence-corrected chi connectivity index (χ4v) is 17.0. The minimum atomic E-state index is -2.61. The Bertz CT molecular complexity index is 1360. The van der Waals surface area contributed by atoms with Crippen molar-refractivity contribution in [3.8, 4) is 0 Å². The maximum atomic E-state index is 10.8. The van der Waals surface area contributed by atoms with Gasteiger partial charge in [0.05, 0.1) is 42.7 Å². The molecule has 10 heteroatoms. The molecule has 1 N–H and O–H groups in total. The molecule has 0 bridgehead atoms. The van der Waals surface area contributed by atoms with E-state index in [-0.39, 0.29) is 55.1 Å². The van der Waals surface area contributed by atoms with Crippen LogP contribution in [0.3, 0.4) is 0 Å². The zero-order valence-electron chi connectivity index (χ0n) is 34.4. The van der Waals surface area contributed by atoms with E-state index < -0.39 is 27.8 Å². The molecule has 0 spiro atoms. The second-order valence-corrected chi connectivity index (χ2v) is 26.5. The first-order valence-electron chi connectivity index (χ1n) is 20.4. The van der Waals surface area contributed by atoms with E-state index in [0.29, 0.717) is 25.4 Å². The van der Waals surface area contributed by atoms with Gasteiger partial charge < -0.3 is 37.6 Å². The van der Waals surface area contributed by atoms with Crippen LogP contribution >= 0.6 is 0 Å². The predicted molar refractivity (Wildman–Crippen MR) is 217 cm³/mol. The summed E-state index contributed by atoms with van der Waals surface area (Å²) in [5.41, 5.74) is -1.45. The van der Waals surface area contributed by atoms with Crippen LogP contribution in [0.15, 0.2) is 60.7 Å². The second kappa shape index (κ2) is 17.8. The Morgan fingerprint density at radius 1 is 0.887 bits per heavy atom. The molecule has 8 nitrogen and oxygen atoms in total. The molecule has 9 atom stereocenters.